The summed E-state index contributed by atoms with van der Waals surface area (Å²) in [6, 6.07) is 9.54. The molecule has 0 fully saturated rings. The molecule has 180 valence electrons. The molecule has 34 heavy (non-hydrogen) atoms. The molecule has 1 aliphatic rings. The third kappa shape index (κ3) is 5.54. The Kier molecular flexibility index (Phi) is 7.13. The zero-order chi connectivity index (χ0) is 24.1. The lowest BCUT2D eigenvalue weighted by Crippen LogP contribution is -2.34. The average molecular weight is 489 g/mol. The third-order valence-electron chi connectivity index (χ3n) is 5.30. The molecule has 4 rings (SSSR count). The van der Waals surface area contributed by atoms with E-state index in [1.54, 1.807) is 42.2 Å². The quantitative estimate of drug-likeness (QED) is 0.503. The van der Waals surface area contributed by atoms with Crippen LogP contribution in [0.25, 0.3) is 0 Å². The van der Waals surface area contributed by atoms with E-state index >= 15 is 0 Å². The van der Waals surface area contributed by atoms with Gasteiger partial charge in [0.15, 0.2) is 11.5 Å². The molecule has 0 saturated heterocycles. The van der Waals surface area contributed by atoms with Gasteiger partial charge in [0.1, 0.15) is 17.7 Å². The molecule has 0 saturated carbocycles. The van der Waals surface area contributed by atoms with Gasteiger partial charge in [0.25, 0.3) is 0 Å². The third-order valence-corrected chi connectivity index (χ3v) is 6.76. The molecular formula is C23H25FN4O5S. The largest absolute Gasteiger partial charge is 0.490 e. The first kappa shape index (κ1) is 23.7. The van der Waals surface area contributed by atoms with Gasteiger partial charge in [0, 0.05) is 44.9 Å². The SMILES string of the molecule is Cn1ccnc1[C@@H](NC(=O)CCNS(=O)(=O)c1ccc2c(c1)OCCCO2)c1ccc(F)cc1. The number of hydrogen-bond donors (Lipinski definition) is 2. The Bertz CT molecular complexity index is 1260. The van der Waals surface area contributed by atoms with Gasteiger partial charge in [-0.1, -0.05) is 12.1 Å². The second-order valence-corrected chi connectivity index (χ2v) is 9.52. The van der Waals surface area contributed by atoms with Crippen LogP contribution in [0, 0.1) is 5.82 Å². The monoisotopic (exact) mass is 488 g/mol. The van der Waals surface area contributed by atoms with Crippen LogP contribution in [0.4, 0.5) is 4.39 Å². The molecule has 1 aliphatic heterocycles. The molecule has 2 N–H and O–H groups in total. The number of benzene rings is 2. The smallest absolute Gasteiger partial charge is 0.240 e. The molecule has 2 aromatic carbocycles. The summed E-state index contributed by atoms with van der Waals surface area (Å²) in [5.41, 5.74) is 0.650. The molecular weight excluding hydrogens is 463 g/mol. The summed E-state index contributed by atoms with van der Waals surface area (Å²) in [6.07, 6.45) is 3.94. The number of aromatic nitrogens is 2. The van der Waals surface area contributed by atoms with Crippen LogP contribution in [0.3, 0.4) is 0 Å². The Labute approximate surface area is 197 Å². The highest BCUT2D eigenvalue weighted by atomic mass is 32.2. The van der Waals surface area contributed by atoms with E-state index in [2.05, 4.69) is 15.0 Å². The minimum Gasteiger partial charge on any atom is -0.490 e. The van der Waals surface area contributed by atoms with E-state index in [0.717, 1.165) is 0 Å². The summed E-state index contributed by atoms with van der Waals surface area (Å²) in [5, 5.41) is 2.85. The van der Waals surface area contributed by atoms with Gasteiger partial charge < -0.3 is 19.4 Å². The molecule has 0 bridgehead atoms. The zero-order valence-corrected chi connectivity index (χ0v) is 19.3. The number of ether oxygens (including phenoxy) is 2. The van der Waals surface area contributed by atoms with Gasteiger partial charge in [-0.3, -0.25) is 4.79 Å². The first-order chi connectivity index (χ1) is 16.3. The number of nitrogens with one attached hydrogen (secondary N) is 2. The average Bonchev–Trinajstić information content (AvgIpc) is 3.09. The molecule has 9 nitrogen and oxygen atoms in total. The highest BCUT2D eigenvalue weighted by Crippen LogP contribution is 2.31. The maximum absolute atomic E-state index is 13.4. The summed E-state index contributed by atoms with van der Waals surface area (Å²) in [7, 11) is -2.07. The molecule has 0 radical (unpaired) electrons. The fourth-order valence-corrected chi connectivity index (χ4v) is 4.58. The normalized spacial score (nSPS) is 14.3. The fraction of sp³-hybridized carbons (Fsp3) is 0.304. The number of rotatable bonds is 8. The van der Waals surface area contributed by atoms with Crippen LogP contribution in [0.1, 0.15) is 30.3 Å². The van der Waals surface area contributed by atoms with Crippen LogP contribution in [0.15, 0.2) is 59.8 Å². The van der Waals surface area contributed by atoms with Gasteiger partial charge in [-0.15, -0.1) is 0 Å². The van der Waals surface area contributed by atoms with Crippen molar-refractivity contribution in [3.05, 3.63) is 72.1 Å². The minimum absolute atomic E-state index is 0.0226. The van der Waals surface area contributed by atoms with E-state index in [1.165, 1.54) is 24.3 Å². The Hall–Kier alpha value is -3.44. The van der Waals surface area contributed by atoms with E-state index in [9.17, 15) is 17.6 Å². The Balaban J connectivity index is 1.40. The van der Waals surface area contributed by atoms with Crippen molar-refractivity contribution in [3.8, 4) is 11.5 Å². The molecule has 1 aromatic heterocycles. The Morgan fingerprint density at radius 2 is 1.88 bits per heavy atom. The number of fused-ring (bicyclic) bond motifs is 1. The molecule has 0 unspecified atom stereocenters. The van der Waals surface area contributed by atoms with Gasteiger partial charge in [0.2, 0.25) is 15.9 Å². The van der Waals surface area contributed by atoms with Crippen LogP contribution in [-0.4, -0.2) is 43.6 Å². The topological polar surface area (TPSA) is 112 Å². The van der Waals surface area contributed by atoms with Crippen molar-refractivity contribution in [1.29, 1.82) is 0 Å². The predicted octanol–water partition coefficient (Wildman–Crippen LogP) is 2.29. The number of carbonyl (C=O) groups excluding carboxylic acids is 1. The molecule has 1 amide bonds. The van der Waals surface area contributed by atoms with Gasteiger partial charge >= 0.3 is 0 Å². The summed E-state index contributed by atoms with van der Waals surface area (Å²) in [5.74, 6) is 0.650. The van der Waals surface area contributed by atoms with E-state index in [1.807, 2.05) is 0 Å². The summed E-state index contributed by atoms with van der Waals surface area (Å²) >= 11 is 0. The standard InChI is InChI=1S/C23H25FN4O5S/c1-28-12-11-25-23(28)22(16-3-5-17(24)6-4-16)27-21(29)9-10-26-34(30,31)18-7-8-19-20(15-18)33-14-2-13-32-19/h3-8,11-12,15,22,26H,2,9-10,13-14H2,1H3,(H,27,29)/t22-/m0/s1. The maximum atomic E-state index is 13.4. The van der Waals surface area contributed by atoms with Crippen LogP contribution in [0.2, 0.25) is 0 Å². The number of sulfonamides is 1. The van der Waals surface area contributed by atoms with Crippen molar-refractivity contribution >= 4 is 15.9 Å². The Morgan fingerprint density at radius 1 is 1.15 bits per heavy atom. The van der Waals surface area contributed by atoms with Crippen molar-refractivity contribution in [2.45, 2.75) is 23.8 Å². The van der Waals surface area contributed by atoms with Crippen molar-refractivity contribution in [3.63, 3.8) is 0 Å². The Morgan fingerprint density at radius 3 is 2.59 bits per heavy atom. The van der Waals surface area contributed by atoms with Crippen LogP contribution >= 0.6 is 0 Å². The van der Waals surface area contributed by atoms with Gasteiger partial charge in [0.05, 0.1) is 18.1 Å². The molecule has 3 aromatic rings. The minimum atomic E-state index is -3.86. The second-order valence-electron chi connectivity index (χ2n) is 7.76. The van der Waals surface area contributed by atoms with E-state index in [4.69, 9.17) is 9.47 Å². The lowest BCUT2D eigenvalue weighted by atomic mass is 10.1. The highest BCUT2D eigenvalue weighted by Gasteiger charge is 2.22. The van der Waals surface area contributed by atoms with Gasteiger partial charge in [-0.25, -0.2) is 22.5 Å². The van der Waals surface area contributed by atoms with E-state index in [0.29, 0.717) is 42.5 Å². The van der Waals surface area contributed by atoms with Crippen LogP contribution in [0.5, 0.6) is 11.5 Å². The lowest BCUT2D eigenvalue weighted by molar-refractivity contribution is -0.121. The number of nitrogens with zero attached hydrogens (tertiary/aromatic N) is 2. The number of halogens is 1. The first-order valence-electron chi connectivity index (χ1n) is 10.7. The van der Waals surface area contributed by atoms with Gasteiger partial charge in [-0.2, -0.15) is 0 Å². The van der Waals surface area contributed by atoms with Crippen molar-refractivity contribution in [2.75, 3.05) is 19.8 Å². The van der Waals surface area contributed by atoms with Crippen LogP contribution in [-0.2, 0) is 21.9 Å². The van der Waals surface area contributed by atoms with E-state index < -0.39 is 27.8 Å². The zero-order valence-electron chi connectivity index (χ0n) is 18.5. The summed E-state index contributed by atoms with van der Waals surface area (Å²) < 4.78 is 54.1. The number of carbonyl (C=O) groups is 1. The summed E-state index contributed by atoms with van der Waals surface area (Å²) in [6.45, 7) is 0.832. The van der Waals surface area contributed by atoms with Gasteiger partial charge in [-0.05, 0) is 29.8 Å². The summed E-state index contributed by atoms with van der Waals surface area (Å²) in [4.78, 5) is 17.0. The number of amides is 1. The van der Waals surface area contributed by atoms with Crippen molar-refractivity contribution in [2.24, 2.45) is 7.05 Å². The fourth-order valence-electron chi connectivity index (χ4n) is 3.53. The number of aryl methyl sites for hydroxylation is 1. The lowest BCUT2D eigenvalue weighted by Gasteiger charge is -2.19. The molecule has 11 heteroatoms. The van der Waals surface area contributed by atoms with Crippen LogP contribution < -0.4 is 19.5 Å². The molecule has 0 spiro atoms. The number of imidazole rings is 1. The molecule has 0 aliphatic carbocycles. The first-order valence-corrected chi connectivity index (χ1v) is 12.2. The maximum Gasteiger partial charge on any atom is 0.240 e. The van der Waals surface area contributed by atoms with Crippen molar-refractivity contribution in [1.82, 2.24) is 19.6 Å². The molecule has 2 heterocycles. The second kappa shape index (κ2) is 10.2. The number of hydrogen-bond acceptors (Lipinski definition) is 6. The van der Waals surface area contributed by atoms with E-state index in [-0.39, 0.29) is 17.9 Å². The molecule has 1 atom stereocenters. The van der Waals surface area contributed by atoms with Crippen molar-refractivity contribution < 1.29 is 27.1 Å². The predicted molar refractivity (Wildman–Crippen MR) is 121 cm³/mol. The highest BCUT2D eigenvalue weighted by molar-refractivity contribution is 7.89.